The SMILES string of the molecule is Cn1c(CCC(N)=O)nnc1S[C@H](C(=O)c1c[nH]c2ccccc12)c1ccccc1. The van der Waals surface area contributed by atoms with Gasteiger partial charge in [-0.05, 0) is 11.6 Å². The number of benzene rings is 2. The highest BCUT2D eigenvalue weighted by atomic mass is 32.2. The molecule has 0 saturated carbocycles. The van der Waals surface area contributed by atoms with E-state index < -0.39 is 5.25 Å². The molecule has 8 heteroatoms. The van der Waals surface area contributed by atoms with Gasteiger partial charge in [0.05, 0.1) is 0 Å². The summed E-state index contributed by atoms with van der Waals surface area (Å²) in [6.07, 6.45) is 2.37. The minimum Gasteiger partial charge on any atom is -0.370 e. The lowest BCUT2D eigenvalue weighted by Crippen LogP contribution is -2.13. The molecule has 2 aromatic carbocycles. The Balaban J connectivity index is 1.68. The van der Waals surface area contributed by atoms with E-state index in [0.717, 1.165) is 16.5 Å². The number of carbonyl (C=O) groups excluding carboxylic acids is 2. The number of nitrogens with zero attached hydrogens (tertiary/aromatic N) is 3. The Morgan fingerprint density at radius 2 is 1.83 bits per heavy atom. The van der Waals surface area contributed by atoms with Gasteiger partial charge in [0, 0.05) is 42.6 Å². The van der Waals surface area contributed by atoms with E-state index in [1.165, 1.54) is 11.8 Å². The maximum Gasteiger partial charge on any atom is 0.217 e. The van der Waals surface area contributed by atoms with E-state index >= 15 is 0 Å². The second kappa shape index (κ2) is 8.54. The van der Waals surface area contributed by atoms with E-state index in [4.69, 9.17) is 5.73 Å². The topological polar surface area (TPSA) is 107 Å². The summed E-state index contributed by atoms with van der Waals surface area (Å²) < 4.78 is 1.81. The third kappa shape index (κ3) is 3.99. The molecule has 0 saturated heterocycles. The fraction of sp³-hybridized carbons (Fsp3) is 0.182. The van der Waals surface area contributed by atoms with Gasteiger partial charge in [0.25, 0.3) is 0 Å². The maximum absolute atomic E-state index is 13.6. The summed E-state index contributed by atoms with van der Waals surface area (Å²) in [5, 5.41) is 9.43. The summed E-state index contributed by atoms with van der Waals surface area (Å²) in [6, 6.07) is 17.4. The van der Waals surface area contributed by atoms with Crippen molar-refractivity contribution in [2.75, 3.05) is 0 Å². The second-order valence-corrected chi connectivity index (χ2v) is 8.02. The first-order valence-electron chi connectivity index (χ1n) is 9.53. The fourth-order valence-corrected chi connectivity index (χ4v) is 4.41. The van der Waals surface area contributed by atoms with Gasteiger partial charge in [0.15, 0.2) is 10.9 Å². The summed E-state index contributed by atoms with van der Waals surface area (Å²) in [7, 11) is 1.83. The fourth-order valence-electron chi connectivity index (χ4n) is 3.32. The van der Waals surface area contributed by atoms with Crippen molar-refractivity contribution in [3.8, 4) is 0 Å². The molecular formula is C22H21N5O2S. The number of Topliss-reactive ketones (excluding diaryl/α,β-unsaturated/α-hetero) is 1. The number of ketones is 1. The molecule has 0 fully saturated rings. The van der Waals surface area contributed by atoms with Gasteiger partial charge >= 0.3 is 0 Å². The molecule has 4 rings (SSSR count). The first kappa shape index (κ1) is 19.9. The smallest absolute Gasteiger partial charge is 0.217 e. The number of fused-ring (bicyclic) bond motifs is 1. The Hall–Kier alpha value is -3.39. The molecule has 2 heterocycles. The first-order chi connectivity index (χ1) is 14.5. The van der Waals surface area contributed by atoms with Crippen LogP contribution in [-0.4, -0.2) is 31.4 Å². The predicted octanol–water partition coefficient (Wildman–Crippen LogP) is 3.43. The number of hydrogen-bond acceptors (Lipinski definition) is 5. The van der Waals surface area contributed by atoms with Crippen molar-refractivity contribution in [1.29, 1.82) is 0 Å². The lowest BCUT2D eigenvalue weighted by Gasteiger charge is -2.15. The summed E-state index contributed by atoms with van der Waals surface area (Å²) in [5.41, 5.74) is 7.70. The molecule has 1 amide bonds. The Bertz CT molecular complexity index is 1200. The molecule has 0 unspecified atom stereocenters. The van der Waals surface area contributed by atoms with Gasteiger partial charge in [-0.25, -0.2) is 0 Å². The second-order valence-electron chi connectivity index (χ2n) is 6.94. The molecule has 0 spiro atoms. The largest absolute Gasteiger partial charge is 0.370 e. The zero-order valence-corrected chi connectivity index (χ0v) is 17.2. The third-order valence-electron chi connectivity index (χ3n) is 4.94. The molecule has 4 aromatic rings. The van der Waals surface area contributed by atoms with Crippen LogP contribution < -0.4 is 5.73 Å². The molecule has 0 aliphatic heterocycles. The number of H-pyrrole nitrogens is 1. The molecule has 0 aliphatic carbocycles. The average molecular weight is 420 g/mol. The van der Waals surface area contributed by atoms with Crippen molar-refractivity contribution in [2.24, 2.45) is 12.8 Å². The number of amides is 1. The average Bonchev–Trinajstić information content (AvgIpc) is 3.34. The van der Waals surface area contributed by atoms with Crippen LogP contribution in [-0.2, 0) is 18.3 Å². The molecule has 3 N–H and O–H groups in total. The van der Waals surface area contributed by atoms with E-state index in [2.05, 4.69) is 15.2 Å². The van der Waals surface area contributed by atoms with E-state index in [9.17, 15) is 9.59 Å². The van der Waals surface area contributed by atoms with Crippen LogP contribution in [0, 0.1) is 0 Å². The quantitative estimate of drug-likeness (QED) is 0.336. The van der Waals surface area contributed by atoms with Crippen LogP contribution in [0.4, 0.5) is 0 Å². The van der Waals surface area contributed by atoms with Gasteiger partial charge in [-0.3, -0.25) is 9.59 Å². The van der Waals surface area contributed by atoms with Gasteiger partial charge in [0.1, 0.15) is 11.1 Å². The maximum atomic E-state index is 13.6. The van der Waals surface area contributed by atoms with Crippen molar-refractivity contribution in [3.63, 3.8) is 0 Å². The van der Waals surface area contributed by atoms with Gasteiger partial charge in [0.2, 0.25) is 5.91 Å². The number of aromatic amines is 1. The Morgan fingerprint density at radius 1 is 1.10 bits per heavy atom. The number of rotatable bonds is 8. The van der Waals surface area contributed by atoms with Crippen molar-refractivity contribution in [2.45, 2.75) is 23.2 Å². The third-order valence-corrected chi connectivity index (χ3v) is 6.23. The number of nitrogens with two attached hydrogens (primary N) is 1. The number of carbonyl (C=O) groups is 2. The number of aromatic nitrogens is 4. The molecule has 2 aromatic heterocycles. The van der Waals surface area contributed by atoms with Crippen LogP contribution in [0.3, 0.4) is 0 Å². The number of thioether (sulfide) groups is 1. The lowest BCUT2D eigenvalue weighted by atomic mass is 10.0. The van der Waals surface area contributed by atoms with Crippen molar-refractivity contribution in [1.82, 2.24) is 19.7 Å². The Morgan fingerprint density at radius 3 is 2.60 bits per heavy atom. The predicted molar refractivity (Wildman–Crippen MR) is 116 cm³/mol. The highest BCUT2D eigenvalue weighted by Gasteiger charge is 2.27. The lowest BCUT2D eigenvalue weighted by molar-refractivity contribution is -0.118. The highest BCUT2D eigenvalue weighted by Crippen LogP contribution is 2.38. The monoisotopic (exact) mass is 419 g/mol. The molecule has 1 atom stereocenters. The number of hydrogen-bond donors (Lipinski definition) is 2. The molecule has 0 bridgehead atoms. The van der Waals surface area contributed by atoms with Crippen LogP contribution in [0.1, 0.15) is 33.4 Å². The van der Waals surface area contributed by atoms with E-state index in [1.807, 2.05) is 66.2 Å². The van der Waals surface area contributed by atoms with E-state index in [-0.39, 0.29) is 18.1 Å². The van der Waals surface area contributed by atoms with Crippen molar-refractivity contribution >= 4 is 34.4 Å². The first-order valence-corrected chi connectivity index (χ1v) is 10.4. The highest BCUT2D eigenvalue weighted by molar-refractivity contribution is 8.00. The molecular weight excluding hydrogens is 398 g/mol. The van der Waals surface area contributed by atoms with Crippen LogP contribution >= 0.6 is 11.8 Å². The molecule has 0 radical (unpaired) electrons. The van der Waals surface area contributed by atoms with Crippen LogP contribution in [0.5, 0.6) is 0 Å². The van der Waals surface area contributed by atoms with Crippen molar-refractivity contribution in [3.05, 3.63) is 77.7 Å². The Kier molecular flexibility index (Phi) is 5.67. The molecule has 30 heavy (non-hydrogen) atoms. The van der Waals surface area contributed by atoms with Gasteiger partial charge in [-0.2, -0.15) is 0 Å². The molecule has 7 nitrogen and oxygen atoms in total. The van der Waals surface area contributed by atoms with E-state index in [0.29, 0.717) is 23.0 Å². The summed E-state index contributed by atoms with van der Waals surface area (Å²) in [5.74, 6) is 0.261. The summed E-state index contributed by atoms with van der Waals surface area (Å²) in [4.78, 5) is 27.9. The standard InChI is InChI=1S/C22H21N5O2S/c1-27-19(12-11-18(23)28)25-26-22(27)30-21(14-7-3-2-4-8-14)20(29)16-13-24-17-10-6-5-9-15(16)17/h2-10,13,21,24H,11-12H2,1H3,(H2,23,28)/t21-/m0/s1. The number of para-hydroxylation sites is 1. The van der Waals surface area contributed by atoms with Gasteiger partial charge in [-0.1, -0.05) is 60.3 Å². The normalized spacial score (nSPS) is 12.2. The zero-order chi connectivity index (χ0) is 21.1. The van der Waals surface area contributed by atoms with Crippen LogP contribution in [0.15, 0.2) is 66.0 Å². The number of aryl methyl sites for hydroxylation is 1. The van der Waals surface area contributed by atoms with Gasteiger partial charge < -0.3 is 15.3 Å². The molecule has 152 valence electrons. The van der Waals surface area contributed by atoms with Crippen molar-refractivity contribution < 1.29 is 9.59 Å². The number of nitrogens with one attached hydrogen (secondary N) is 1. The zero-order valence-electron chi connectivity index (χ0n) is 16.4. The Labute approximate surface area is 177 Å². The van der Waals surface area contributed by atoms with Gasteiger partial charge in [-0.15, -0.1) is 10.2 Å². The number of primary amides is 1. The molecule has 0 aliphatic rings. The van der Waals surface area contributed by atoms with Crippen LogP contribution in [0.25, 0.3) is 10.9 Å². The summed E-state index contributed by atoms with van der Waals surface area (Å²) >= 11 is 1.35. The minimum absolute atomic E-state index is 0.00895. The minimum atomic E-state index is -0.489. The van der Waals surface area contributed by atoms with Crippen LogP contribution in [0.2, 0.25) is 0 Å². The van der Waals surface area contributed by atoms with E-state index in [1.54, 1.807) is 6.20 Å². The summed E-state index contributed by atoms with van der Waals surface area (Å²) in [6.45, 7) is 0.